The highest BCUT2D eigenvalue weighted by atomic mass is 16.5. The second-order valence-corrected chi connectivity index (χ2v) is 3.88. The van der Waals surface area contributed by atoms with E-state index in [9.17, 15) is 4.79 Å². The number of carboxylic acids is 1. The van der Waals surface area contributed by atoms with Crippen LogP contribution in [0.2, 0.25) is 0 Å². The van der Waals surface area contributed by atoms with Crippen LogP contribution in [0.15, 0.2) is 18.5 Å². The summed E-state index contributed by atoms with van der Waals surface area (Å²) in [6, 6.07) is 2.07. The molecule has 0 atom stereocenters. The molecule has 0 fully saturated rings. The number of methoxy groups -OCH3 is 1. The molecule has 0 aliphatic carbocycles. The first-order chi connectivity index (χ1) is 9.67. The van der Waals surface area contributed by atoms with E-state index in [1.165, 1.54) is 18.5 Å². The molecule has 0 aliphatic heterocycles. The van der Waals surface area contributed by atoms with Gasteiger partial charge in [0.05, 0.1) is 19.1 Å². The zero-order chi connectivity index (χ0) is 14.8. The summed E-state index contributed by atoms with van der Waals surface area (Å²) in [4.78, 5) is 20.6. The second-order valence-electron chi connectivity index (χ2n) is 3.88. The molecule has 0 bridgehead atoms. The largest absolute Gasteiger partial charge is 0.478 e. The fourth-order valence-electron chi connectivity index (χ4n) is 1.45. The van der Waals surface area contributed by atoms with Gasteiger partial charge < -0.3 is 14.7 Å². The third-order valence-corrected chi connectivity index (χ3v) is 2.42. The molecule has 0 saturated heterocycles. The second kappa shape index (κ2) is 8.61. The minimum absolute atomic E-state index is 0.369. The number of hydrogen-bond donors (Lipinski definition) is 1. The van der Waals surface area contributed by atoms with E-state index in [2.05, 4.69) is 16.0 Å². The predicted octanol–water partition coefficient (Wildman–Crippen LogP) is 0.941. The van der Waals surface area contributed by atoms with Crippen LogP contribution in [-0.4, -0.2) is 47.8 Å². The molecule has 1 rings (SSSR count). The van der Waals surface area contributed by atoms with Crippen LogP contribution in [0.1, 0.15) is 12.0 Å². The summed E-state index contributed by atoms with van der Waals surface area (Å²) in [6.07, 6.45) is 5.88. The molecule has 0 aliphatic rings. The highest BCUT2D eigenvalue weighted by Crippen LogP contribution is 2.08. The average Bonchev–Trinajstić information content (AvgIpc) is 2.46. The summed E-state index contributed by atoms with van der Waals surface area (Å²) in [5, 5.41) is 17.2. The normalized spacial score (nSPS) is 10.4. The molecule has 20 heavy (non-hydrogen) atoms. The van der Waals surface area contributed by atoms with Gasteiger partial charge in [0.15, 0.2) is 0 Å². The van der Waals surface area contributed by atoms with Gasteiger partial charge in [0, 0.05) is 44.2 Å². The standard InChI is InChI=1S/C13H16N4O3/c1-20-8-7-17(6-2-5-14)13-15-9-11(10-16-13)3-4-12(18)19/h3-4,9-10H,2,6-8H2,1H3,(H,18,19)/b4-3+. The molecule has 0 unspecified atom stereocenters. The summed E-state index contributed by atoms with van der Waals surface area (Å²) in [5.41, 5.74) is 0.600. The maximum Gasteiger partial charge on any atom is 0.328 e. The molecule has 0 saturated carbocycles. The molecule has 0 amide bonds. The van der Waals surface area contributed by atoms with Crippen LogP contribution >= 0.6 is 0 Å². The van der Waals surface area contributed by atoms with Crippen molar-refractivity contribution in [2.24, 2.45) is 0 Å². The zero-order valence-corrected chi connectivity index (χ0v) is 11.2. The Hall–Kier alpha value is -2.46. The summed E-state index contributed by atoms with van der Waals surface area (Å²) in [5.74, 6) is -0.533. The number of nitriles is 1. The van der Waals surface area contributed by atoms with Crippen molar-refractivity contribution < 1.29 is 14.6 Å². The van der Waals surface area contributed by atoms with Crippen molar-refractivity contribution in [2.75, 3.05) is 31.7 Å². The van der Waals surface area contributed by atoms with Gasteiger partial charge in [-0.2, -0.15) is 5.26 Å². The molecule has 7 nitrogen and oxygen atoms in total. The van der Waals surface area contributed by atoms with E-state index in [1.54, 1.807) is 7.11 Å². The van der Waals surface area contributed by atoms with Crippen molar-refractivity contribution >= 4 is 18.0 Å². The van der Waals surface area contributed by atoms with Gasteiger partial charge in [-0.1, -0.05) is 0 Å². The number of rotatable bonds is 8. The highest BCUT2D eigenvalue weighted by Gasteiger charge is 2.08. The molecular formula is C13H16N4O3. The van der Waals surface area contributed by atoms with Gasteiger partial charge >= 0.3 is 5.97 Å². The first-order valence-electron chi connectivity index (χ1n) is 6.01. The number of anilines is 1. The van der Waals surface area contributed by atoms with Crippen molar-refractivity contribution in [3.8, 4) is 6.07 Å². The van der Waals surface area contributed by atoms with E-state index >= 15 is 0 Å². The van der Waals surface area contributed by atoms with Crippen molar-refractivity contribution in [2.45, 2.75) is 6.42 Å². The highest BCUT2D eigenvalue weighted by molar-refractivity contribution is 5.85. The maximum atomic E-state index is 10.4. The van der Waals surface area contributed by atoms with E-state index in [0.717, 1.165) is 6.08 Å². The van der Waals surface area contributed by atoms with Crippen LogP contribution in [0.25, 0.3) is 6.08 Å². The third kappa shape index (κ3) is 5.46. The molecule has 106 valence electrons. The fraction of sp³-hybridized carbons (Fsp3) is 0.385. The average molecular weight is 276 g/mol. The predicted molar refractivity (Wildman–Crippen MR) is 73.0 cm³/mol. The number of hydrogen-bond acceptors (Lipinski definition) is 6. The Morgan fingerprint density at radius 1 is 1.50 bits per heavy atom. The minimum Gasteiger partial charge on any atom is -0.478 e. The Balaban J connectivity index is 2.76. The van der Waals surface area contributed by atoms with Crippen molar-refractivity contribution in [1.29, 1.82) is 5.26 Å². The lowest BCUT2D eigenvalue weighted by atomic mass is 10.3. The van der Waals surface area contributed by atoms with Gasteiger partial charge in [0.1, 0.15) is 0 Å². The SMILES string of the molecule is COCCN(CCC#N)c1ncc(/C=C/C(=O)O)cn1. The Morgan fingerprint density at radius 2 is 2.20 bits per heavy atom. The number of carbonyl (C=O) groups is 1. The Labute approximate surface area is 117 Å². The monoisotopic (exact) mass is 276 g/mol. The third-order valence-electron chi connectivity index (χ3n) is 2.42. The lowest BCUT2D eigenvalue weighted by Gasteiger charge is -2.20. The van der Waals surface area contributed by atoms with Crippen LogP contribution in [0, 0.1) is 11.3 Å². The van der Waals surface area contributed by atoms with E-state index in [4.69, 9.17) is 15.1 Å². The number of carboxylic acid groups (broad SMARTS) is 1. The summed E-state index contributed by atoms with van der Waals surface area (Å²) in [6.45, 7) is 1.61. The Morgan fingerprint density at radius 3 is 2.75 bits per heavy atom. The van der Waals surface area contributed by atoms with Gasteiger partial charge in [0.25, 0.3) is 0 Å². The molecule has 1 N–H and O–H groups in total. The molecule has 1 aromatic heterocycles. The quantitative estimate of drug-likeness (QED) is 0.705. The van der Waals surface area contributed by atoms with Crippen LogP contribution in [-0.2, 0) is 9.53 Å². The lowest BCUT2D eigenvalue weighted by molar-refractivity contribution is -0.131. The van der Waals surface area contributed by atoms with Gasteiger partial charge in [-0.25, -0.2) is 14.8 Å². The van der Waals surface area contributed by atoms with Crippen LogP contribution in [0.4, 0.5) is 5.95 Å². The van der Waals surface area contributed by atoms with Crippen LogP contribution < -0.4 is 4.90 Å². The molecule has 1 heterocycles. The molecule has 0 aromatic carbocycles. The summed E-state index contributed by atoms with van der Waals surface area (Å²) >= 11 is 0. The molecule has 0 spiro atoms. The number of ether oxygens (including phenoxy) is 1. The smallest absolute Gasteiger partial charge is 0.328 e. The van der Waals surface area contributed by atoms with Crippen molar-refractivity contribution in [3.05, 3.63) is 24.0 Å². The van der Waals surface area contributed by atoms with Gasteiger partial charge in [-0.05, 0) is 6.08 Å². The first-order valence-corrected chi connectivity index (χ1v) is 6.01. The summed E-state index contributed by atoms with van der Waals surface area (Å²) in [7, 11) is 1.60. The van der Waals surface area contributed by atoms with Gasteiger partial charge in [-0.3, -0.25) is 0 Å². The van der Waals surface area contributed by atoms with Crippen molar-refractivity contribution in [3.63, 3.8) is 0 Å². The zero-order valence-electron chi connectivity index (χ0n) is 11.2. The number of nitrogens with zero attached hydrogens (tertiary/aromatic N) is 4. The number of aliphatic carboxylic acids is 1. The van der Waals surface area contributed by atoms with Crippen LogP contribution in [0.3, 0.4) is 0 Å². The van der Waals surface area contributed by atoms with E-state index < -0.39 is 5.97 Å². The lowest BCUT2D eigenvalue weighted by Crippen LogP contribution is -2.29. The fourth-order valence-corrected chi connectivity index (χ4v) is 1.45. The Kier molecular flexibility index (Phi) is 6.71. The molecular weight excluding hydrogens is 260 g/mol. The van der Waals surface area contributed by atoms with Crippen molar-refractivity contribution in [1.82, 2.24) is 9.97 Å². The van der Waals surface area contributed by atoms with E-state index in [1.807, 2.05) is 4.90 Å². The number of aromatic nitrogens is 2. The van der Waals surface area contributed by atoms with E-state index in [0.29, 0.717) is 37.6 Å². The van der Waals surface area contributed by atoms with Crippen LogP contribution in [0.5, 0.6) is 0 Å². The maximum absolute atomic E-state index is 10.4. The van der Waals surface area contributed by atoms with Gasteiger partial charge in [0.2, 0.25) is 5.95 Å². The topological polar surface area (TPSA) is 99.3 Å². The van der Waals surface area contributed by atoms with E-state index in [-0.39, 0.29) is 0 Å². The molecule has 7 heteroatoms. The molecule has 1 aromatic rings. The van der Waals surface area contributed by atoms with Gasteiger partial charge in [-0.15, -0.1) is 0 Å². The summed E-state index contributed by atoms with van der Waals surface area (Å²) < 4.78 is 5.01. The minimum atomic E-state index is -1.02. The Bertz CT molecular complexity index is 493. The first kappa shape index (κ1) is 15.6. The molecule has 0 radical (unpaired) electrons.